The average molecular weight is 379 g/mol. The van der Waals surface area contributed by atoms with Crippen LogP contribution in [-0.4, -0.2) is 17.3 Å². The van der Waals surface area contributed by atoms with Crippen LogP contribution in [0.4, 0.5) is 29.1 Å². The molecule has 3 unspecified atom stereocenters. The molecule has 2 aromatic rings. The topological polar surface area (TPSA) is 86.8 Å². The van der Waals surface area contributed by atoms with E-state index in [0.29, 0.717) is 5.69 Å². The molecular formula is C18H17F4N5. The summed E-state index contributed by atoms with van der Waals surface area (Å²) in [5, 5.41) is 14.7. The second-order valence-corrected chi connectivity index (χ2v) is 6.61. The Morgan fingerprint density at radius 3 is 2.78 bits per heavy atom. The molecule has 0 spiro atoms. The lowest BCUT2D eigenvalue weighted by atomic mass is 9.80. The van der Waals surface area contributed by atoms with Gasteiger partial charge in [0.1, 0.15) is 17.7 Å². The molecule has 1 aliphatic rings. The monoisotopic (exact) mass is 379 g/mol. The normalized spacial score (nSPS) is 25.2. The zero-order valence-electron chi connectivity index (χ0n) is 14.3. The van der Waals surface area contributed by atoms with Crippen molar-refractivity contribution in [3.63, 3.8) is 0 Å². The van der Waals surface area contributed by atoms with Crippen LogP contribution in [0.2, 0.25) is 0 Å². The molecule has 0 aliphatic carbocycles. The first-order chi connectivity index (χ1) is 12.6. The van der Waals surface area contributed by atoms with Gasteiger partial charge in [-0.05, 0) is 43.7 Å². The molecule has 9 heteroatoms. The predicted octanol–water partition coefficient (Wildman–Crippen LogP) is 3.51. The van der Waals surface area contributed by atoms with Crippen molar-refractivity contribution in [2.75, 3.05) is 5.32 Å². The summed E-state index contributed by atoms with van der Waals surface area (Å²) in [5.74, 6) is -2.39. The standard InChI is InChI=1S/C18H17F4N5/c1-17(14(18(20,21)22)8-15(24)27-17)12-7-11(4-5-13(12)19)26-16-10(9-23)3-2-6-25-16/h2-7,14-15,27H,8,24H2,1H3,(H,25,26). The van der Waals surface area contributed by atoms with E-state index in [0.717, 1.165) is 6.07 Å². The van der Waals surface area contributed by atoms with E-state index in [2.05, 4.69) is 15.6 Å². The summed E-state index contributed by atoms with van der Waals surface area (Å²) in [4.78, 5) is 4.04. The number of nitrogens with zero attached hydrogens (tertiary/aromatic N) is 2. The molecule has 3 rings (SSSR count). The molecule has 1 aromatic carbocycles. The van der Waals surface area contributed by atoms with E-state index in [-0.39, 0.29) is 23.4 Å². The first kappa shape index (κ1) is 19.1. The Bertz CT molecular complexity index is 892. The van der Waals surface area contributed by atoms with Crippen molar-refractivity contribution in [2.45, 2.75) is 31.2 Å². The number of nitrogens with two attached hydrogens (primary N) is 1. The number of aromatic nitrogens is 1. The Labute approximate surface area is 153 Å². The number of anilines is 2. The fourth-order valence-electron chi connectivity index (χ4n) is 3.49. The predicted molar refractivity (Wildman–Crippen MR) is 91.3 cm³/mol. The summed E-state index contributed by atoms with van der Waals surface area (Å²) in [6.45, 7) is 1.29. The minimum atomic E-state index is -4.54. The van der Waals surface area contributed by atoms with Gasteiger partial charge in [0.15, 0.2) is 0 Å². The molecule has 5 nitrogen and oxygen atoms in total. The quantitative estimate of drug-likeness (QED) is 0.711. The molecule has 0 bridgehead atoms. The molecule has 0 amide bonds. The molecule has 2 heterocycles. The zero-order valence-corrected chi connectivity index (χ0v) is 14.3. The number of halogens is 4. The van der Waals surface area contributed by atoms with Gasteiger partial charge in [-0.3, -0.25) is 5.32 Å². The maximum atomic E-state index is 14.5. The minimum Gasteiger partial charge on any atom is -0.339 e. The number of rotatable bonds is 3. The number of hydrogen-bond donors (Lipinski definition) is 3. The summed E-state index contributed by atoms with van der Waals surface area (Å²) < 4.78 is 55.0. The largest absolute Gasteiger partial charge is 0.394 e. The highest BCUT2D eigenvalue weighted by Gasteiger charge is 2.57. The van der Waals surface area contributed by atoms with Crippen LogP contribution in [0.3, 0.4) is 0 Å². The van der Waals surface area contributed by atoms with E-state index in [1.165, 1.54) is 31.3 Å². The lowest BCUT2D eigenvalue weighted by molar-refractivity contribution is -0.188. The van der Waals surface area contributed by atoms with E-state index in [1.54, 1.807) is 6.07 Å². The Kier molecular flexibility index (Phi) is 4.80. The lowest BCUT2D eigenvalue weighted by Crippen LogP contribution is -2.47. The zero-order chi connectivity index (χ0) is 19.8. The summed E-state index contributed by atoms with van der Waals surface area (Å²) in [7, 11) is 0. The summed E-state index contributed by atoms with van der Waals surface area (Å²) in [6.07, 6.45) is -4.33. The third-order valence-corrected chi connectivity index (χ3v) is 4.78. The number of pyridine rings is 1. The molecule has 4 N–H and O–H groups in total. The van der Waals surface area contributed by atoms with Crippen LogP contribution in [0.25, 0.3) is 0 Å². The van der Waals surface area contributed by atoms with Crippen LogP contribution < -0.4 is 16.4 Å². The van der Waals surface area contributed by atoms with Crippen molar-refractivity contribution in [1.82, 2.24) is 10.3 Å². The van der Waals surface area contributed by atoms with Crippen molar-refractivity contribution in [1.29, 1.82) is 5.26 Å². The molecule has 3 atom stereocenters. The molecular weight excluding hydrogens is 362 g/mol. The average Bonchev–Trinajstić information content (AvgIpc) is 2.93. The molecule has 0 radical (unpaired) electrons. The van der Waals surface area contributed by atoms with Crippen LogP contribution >= 0.6 is 0 Å². The Morgan fingerprint density at radius 1 is 1.37 bits per heavy atom. The molecule has 1 fully saturated rings. The molecule has 142 valence electrons. The summed E-state index contributed by atoms with van der Waals surface area (Å²) in [5.41, 5.74) is 4.38. The summed E-state index contributed by atoms with van der Waals surface area (Å²) in [6, 6.07) is 8.82. The minimum absolute atomic E-state index is 0.155. The smallest absolute Gasteiger partial charge is 0.339 e. The number of nitrogens with one attached hydrogen (secondary N) is 2. The molecule has 1 aliphatic heterocycles. The SMILES string of the molecule is CC1(c2cc(Nc3ncccc3C#N)ccc2F)NC(N)CC1C(F)(F)F. The maximum absolute atomic E-state index is 14.5. The van der Waals surface area contributed by atoms with Crippen molar-refractivity contribution in [2.24, 2.45) is 11.7 Å². The second kappa shape index (κ2) is 6.79. The highest BCUT2D eigenvalue weighted by atomic mass is 19.4. The van der Waals surface area contributed by atoms with Crippen LogP contribution in [0.15, 0.2) is 36.5 Å². The van der Waals surface area contributed by atoms with Gasteiger partial charge >= 0.3 is 6.18 Å². The van der Waals surface area contributed by atoms with Gasteiger partial charge in [-0.1, -0.05) is 0 Å². The number of hydrogen-bond acceptors (Lipinski definition) is 5. The van der Waals surface area contributed by atoms with Gasteiger partial charge in [0.25, 0.3) is 0 Å². The van der Waals surface area contributed by atoms with Crippen LogP contribution in [0.5, 0.6) is 0 Å². The van der Waals surface area contributed by atoms with Crippen molar-refractivity contribution in [3.05, 3.63) is 53.5 Å². The fourth-order valence-corrected chi connectivity index (χ4v) is 3.49. The van der Waals surface area contributed by atoms with E-state index in [4.69, 9.17) is 11.0 Å². The number of benzene rings is 1. The highest BCUT2D eigenvalue weighted by Crippen LogP contribution is 2.47. The number of nitriles is 1. The van der Waals surface area contributed by atoms with Gasteiger partial charge in [-0.15, -0.1) is 0 Å². The third kappa shape index (κ3) is 3.59. The maximum Gasteiger partial charge on any atom is 0.394 e. The van der Waals surface area contributed by atoms with Gasteiger partial charge in [-0.25, -0.2) is 9.37 Å². The molecule has 1 saturated heterocycles. The van der Waals surface area contributed by atoms with E-state index in [1.807, 2.05) is 6.07 Å². The van der Waals surface area contributed by atoms with Crippen LogP contribution in [-0.2, 0) is 5.54 Å². The van der Waals surface area contributed by atoms with Crippen LogP contribution in [0, 0.1) is 23.1 Å². The molecule has 0 saturated carbocycles. The van der Waals surface area contributed by atoms with Gasteiger partial charge < -0.3 is 11.1 Å². The van der Waals surface area contributed by atoms with Gasteiger partial charge in [0, 0.05) is 17.4 Å². The Hall–Kier alpha value is -2.70. The van der Waals surface area contributed by atoms with E-state index in [9.17, 15) is 17.6 Å². The van der Waals surface area contributed by atoms with Crippen molar-refractivity contribution in [3.8, 4) is 6.07 Å². The molecule has 27 heavy (non-hydrogen) atoms. The first-order valence-electron chi connectivity index (χ1n) is 8.17. The second-order valence-electron chi connectivity index (χ2n) is 6.61. The fraction of sp³-hybridized carbons (Fsp3) is 0.333. The first-order valence-corrected chi connectivity index (χ1v) is 8.17. The van der Waals surface area contributed by atoms with E-state index >= 15 is 0 Å². The van der Waals surface area contributed by atoms with Gasteiger partial charge in [0.05, 0.1) is 23.2 Å². The summed E-state index contributed by atoms with van der Waals surface area (Å²) >= 11 is 0. The number of alkyl halides is 3. The van der Waals surface area contributed by atoms with Gasteiger partial charge in [0.2, 0.25) is 0 Å². The Morgan fingerprint density at radius 2 is 2.11 bits per heavy atom. The molecule has 1 aromatic heterocycles. The van der Waals surface area contributed by atoms with E-state index < -0.39 is 29.6 Å². The van der Waals surface area contributed by atoms with Crippen molar-refractivity contribution >= 4 is 11.5 Å². The van der Waals surface area contributed by atoms with Crippen molar-refractivity contribution < 1.29 is 17.6 Å². The Balaban J connectivity index is 2.02. The highest BCUT2D eigenvalue weighted by molar-refractivity contribution is 5.63. The third-order valence-electron chi connectivity index (χ3n) is 4.78. The van der Waals surface area contributed by atoms with Gasteiger partial charge in [-0.2, -0.15) is 18.4 Å². The van der Waals surface area contributed by atoms with Crippen LogP contribution in [0.1, 0.15) is 24.5 Å². The lowest BCUT2D eigenvalue weighted by Gasteiger charge is -2.34.